The first kappa shape index (κ1) is 20.6. The highest BCUT2D eigenvalue weighted by Gasteiger charge is 2.13. The normalized spacial score (nSPS) is 10.6. The van der Waals surface area contributed by atoms with Gasteiger partial charge < -0.3 is 14.6 Å². The Labute approximate surface area is 173 Å². The molecule has 0 aliphatic heterocycles. The van der Waals surface area contributed by atoms with E-state index in [1.54, 1.807) is 31.2 Å². The van der Waals surface area contributed by atoms with E-state index in [-0.39, 0.29) is 17.6 Å². The van der Waals surface area contributed by atoms with Crippen LogP contribution in [0.5, 0.6) is 0 Å². The van der Waals surface area contributed by atoms with E-state index in [1.807, 2.05) is 42.8 Å². The molecule has 1 aromatic heterocycles. The summed E-state index contributed by atoms with van der Waals surface area (Å²) in [6, 6.07) is 14.6. The standard InChI is InChI=1S/C21H22N4O3S/c1-4-28-20(27)15-8-10-17(11-9-15)22-18(26)13-29-21-24-23-19(25(21)3)16-7-5-6-14(2)12-16/h5-12H,4,13H2,1-3H3,(H,22,26). The summed E-state index contributed by atoms with van der Waals surface area (Å²) in [5.41, 5.74) is 3.19. The second-order valence-electron chi connectivity index (χ2n) is 6.37. The van der Waals surface area contributed by atoms with Crippen LogP contribution in [0.3, 0.4) is 0 Å². The molecule has 3 rings (SSSR count). The molecular weight excluding hydrogens is 388 g/mol. The minimum Gasteiger partial charge on any atom is -0.462 e. The third-order valence-electron chi connectivity index (χ3n) is 4.12. The Morgan fingerprint density at radius 2 is 1.90 bits per heavy atom. The molecule has 8 heteroatoms. The second-order valence-corrected chi connectivity index (χ2v) is 7.31. The van der Waals surface area contributed by atoms with Crippen LogP contribution >= 0.6 is 11.8 Å². The molecule has 0 radical (unpaired) electrons. The highest BCUT2D eigenvalue weighted by Crippen LogP contribution is 2.23. The number of aromatic nitrogens is 3. The van der Waals surface area contributed by atoms with Gasteiger partial charge in [-0.1, -0.05) is 35.5 Å². The average Bonchev–Trinajstić information content (AvgIpc) is 3.07. The van der Waals surface area contributed by atoms with Gasteiger partial charge in [0.15, 0.2) is 11.0 Å². The maximum atomic E-state index is 12.3. The van der Waals surface area contributed by atoms with E-state index in [4.69, 9.17) is 4.74 Å². The zero-order valence-electron chi connectivity index (χ0n) is 16.5. The van der Waals surface area contributed by atoms with E-state index in [0.717, 1.165) is 17.0 Å². The smallest absolute Gasteiger partial charge is 0.338 e. The number of hydrogen-bond acceptors (Lipinski definition) is 6. The molecule has 0 saturated heterocycles. The largest absolute Gasteiger partial charge is 0.462 e. The summed E-state index contributed by atoms with van der Waals surface area (Å²) >= 11 is 1.31. The van der Waals surface area contributed by atoms with Crippen molar-refractivity contribution in [3.8, 4) is 11.4 Å². The van der Waals surface area contributed by atoms with Gasteiger partial charge >= 0.3 is 5.97 Å². The SMILES string of the molecule is CCOC(=O)c1ccc(NC(=O)CSc2nnc(-c3cccc(C)c3)n2C)cc1. The summed E-state index contributed by atoms with van der Waals surface area (Å²) in [6.45, 7) is 4.10. The van der Waals surface area contributed by atoms with Crippen molar-refractivity contribution < 1.29 is 14.3 Å². The van der Waals surface area contributed by atoms with E-state index in [0.29, 0.717) is 23.0 Å². The molecule has 3 aromatic rings. The number of rotatable bonds is 7. The zero-order chi connectivity index (χ0) is 20.8. The van der Waals surface area contributed by atoms with E-state index < -0.39 is 0 Å². The van der Waals surface area contributed by atoms with Gasteiger partial charge in [0.25, 0.3) is 0 Å². The number of ether oxygens (including phenoxy) is 1. The third-order valence-corrected chi connectivity index (χ3v) is 5.14. The predicted molar refractivity (Wildman–Crippen MR) is 113 cm³/mol. The van der Waals surface area contributed by atoms with Gasteiger partial charge in [-0.3, -0.25) is 4.79 Å². The lowest BCUT2D eigenvalue weighted by molar-refractivity contribution is -0.113. The van der Waals surface area contributed by atoms with E-state index >= 15 is 0 Å². The molecule has 7 nitrogen and oxygen atoms in total. The third kappa shape index (κ3) is 5.23. The van der Waals surface area contributed by atoms with Gasteiger partial charge in [-0.25, -0.2) is 4.79 Å². The van der Waals surface area contributed by atoms with Gasteiger partial charge in [0.05, 0.1) is 17.9 Å². The fourth-order valence-corrected chi connectivity index (χ4v) is 3.42. The van der Waals surface area contributed by atoms with E-state index in [9.17, 15) is 9.59 Å². The highest BCUT2D eigenvalue weighted by molar-refractivity contribution is 7.99. The maximum Gasteiger partial charge on any atom is 0.338 e. The number of benzene rings is 2. The minimum atomic E-state index is -0.382. The summed E-state index contributed by atoms with van der Waals surface area (Å²) in [5.74, 6) is 0.400. The molecule has 0 atom stereocenters. The molecule has 0 bridgehead atoms. The van der Waals surface area contributed by atoms with Gasteiger partial charge in [0.1, 0.15) is 0 Å². The lowest BCUT2D eigenvalue weighted by atomic mass is 10.1. The summed E-state index contributed by atoms with van der Waals surface area (Å²) in [6.07, 6.45) is 0. The Morgan fingerprint density at radius 1 is 1.14 bits per heavy atom. The predicted octanol–water partition coefficient (Wildman–Crippen LogP) is 3.70. The minimum absolute atomic E-state index is 0.168. The Kier molecular flexibility index (Phi) is 6.66. The monoisotopic (exact) mass is 410 g/mol. The summed E-state index contributed by atoms with van der Waals surface area (Å²) in [5, 5.41) is 11.9. The molecule has 2 aromatic carbocycles. The molecule has 0 fully saturated rings. The van der Waals surface area contributed by atoms with Gasteiger partial charge in [-0.15, -0.1) is 10.2 Å². The van der Waals surface area contributed by atoms with Gasteiger partial charge in [-0.2, -0.15) is 0 Å². The summed E-state index contributed by atoms with van der Waals surface area (Å²) < 4.78 is 6.82. The molecule has 150 valence electrons. The molecule has 29 heavy (non-hydrogen) atoms. The van der Waals surface area contributed by atoms with Crippen LogP contribution in [0.2, 0.25) is 0 Å². The molecule has 0 aliphatic carbocycles. The fourth-order valence-electron chi connectivity index (χ4n) is 2.71. The van der Waals surface area contributed by atoms with Crippen molar-refractivity contribution in [3.63, 3.8) is 0 Å². The van der Waals surface area contributed by atoms with Crippen molar-refractivity contribution in [1.82, 2.24) is 14.8 Å². The highest BCUT2D eigenvalue weighted by atomic mass is 32.2. The van der Waals surface area contributed by atoms with Crippen LogP contribution in [0.4, 0.5) is 5.69 Å². The first-order chi connectivity index (χ1) is 14.0. The molecule has 1 heterocycles. The maximum absolute atomic E-state index is 12.3. The zero-order valence-corrected chi connectivity index (χ0v) is 17.3. The quantitative estimate of drug-likeness (QED) is 0.472. The number of thioether (sulfide) groups is 1. The first-order valence-electron chi connectivity index (χ1n) is 9.14. The number of esters is 1. The topological polar surface area (TPSA) is 86.1 Å². The van der Waals surface area contributed by atoms with Gasteiger partial charge in [0.2, 0.25) is 5.91 Å². The van der Waals surface area contributed by atoms with Gasteiger partial charge in [-0.05, 0) is 44.2 Å². The van der Waals surface area contributed by atoms with Crippen LogP contribution in [-0.2, 0) is 16.6 Å². The van der Waals surface area contributed by atoms with Crippen molar-refractivity contribution in [2.24, 2.45) is 7.05 Å². The van der Waals surface area contributed by atoms with Crippen LogP contribution < -0.4 is 5.32 Å². The Hall–Kier alpha value is -3.13. The van der Waals surface area contributed by atoms with Crippen LogP contribution in [0.1, 0.15) is 22.8 Å². The van der Waals surface area contributed by atoms with Crippen molar-refractivity contribution in [1.29, 1.82) is 0 Å². The second kappa shape index (κ2) is 9.38. The van der Waals surface area contributed by atoms with Crippen molar-refractivity contribution in [2.45, 2.75) is 19.0 Å². The van der Waals surface area contributed by atoms with E-state index in [2.05, 4.69) is 15.5 Å². The average molecular weight is 410 g/mol. The fraction of sp³-hybridized carbons (Fsp3) is 0.238. The Balaban J connectivity index is 1.58. The Bertz CT molecular complexity index is 1020. The van der Waals surface area contributed by atoms with E-state index in [1.165, 1.54) is 11.8 Å². The Morgan fingerprint density at radius 3 is 2.59 bits per heavy atom. The van der Waals surface area contributed by atoms with Crippen molar-refractivity contribution in [3.05, 3.63) is 59.7 Å². The molecule has 0 unspecified atom stereocenters. The summed E-state index contributed by atoms with van der Waals surface area (Å²) in [4.78, 5) is 23.9. The van der Waals surface area contributed by atoms with Crippen LogP contribution in [0.25, 0.3) is 11.4 Å². The number of hydrogen-bond donors (Lipinski definition) is 1. The molecular formula is C21H22N4O3S. The first-order valence-corrected chi connectivity index (χ1v) is 10.1. The molecule has 1 amide bonds. The lowest BCUT2D eigenvalue weighted by Crippen LogP contribution is -2.14. The van der Waals surface area contributed by atoms with Gasteiger partial charge in [0, 0.05) is 18.3 Å². The molecule has 0 saturated carbocycles. The number of carbonyl (C=O) groups is 2. The van der Waals surface area contributed by atoms with Crippen LogP contribution in [0, 0.1) is 6.92 Å². The number of nitrogens with zero attached hydrogens (tertiary/aromatic N) is 3. The summed E-state index contributed by atoms with van der Waals surface area (Å²) in [7, 11) is 1.88. The molecule has 0 spiro atoms. The molecule has 1 N–H and O–H groups in total. The number of amides is 1. The van der Waals surface area contributed by atoms with Crippen molar-refractivity contribution in [2.75, 3.05) is 17.7 Å². The van der Waals surface area contributed by atoms with Crippen LogP contribution in [0.15, 0.2) is 53.7 Å². The van der Waals surface area contributed by atoms with Crippen LogP contribution in [-0.4, -0.2) is 39.0 Å². The lowest BCUT2D eigenvalue weighted by Gasteiger charge is -2.07. The number of nitrogens with one attached hydrogen (secondary N) is 1. The van der Waals surface area contributed by atoms with Crippen molar-refractivity contribution >= 4 is 29.3 Å². The number of carbonyl (C=O) groups excluding carboxylic acids is 2. The number of aryl methyl sites for hydroxylation is 1. The molecule has 0 aliphatic rings. The number of anilines is 1.